The summed E-state index contributed by atoms with van der Waals surface area (Å²) in [5.41, 5.74) is 1.42. The maximum absolute atomic E-state index is 12.2. The van der Waals surface area contributed by atoms with Gasteiger partial charge in [0.1, 0.15) is 0 Å². The molecule has 0 bridgehead atoms. The van der Waals surface area contributed by atoms with Crippen molar-refractivity contribution in [1.29, 1.82) is 0 Å². The Balaban J connectivity index is 2.18. The lowest BCUT2D eigenvalue weighted by molar-refractivity contribution is 0.370. The Morgan fingerprint density at radius 3 is 2.50 bits per heavy atom. The van der Waals surface area contributed by atoms with Gasteiger partial charge in [0, 0.05) is 13.1 Å². The van der Waals surface area contributed by atoms with Crippen LogP contribution in [0.1, 0.15) is 27.2 Å². The summed E-state index contributed by atoms with van der Waals surface area (Å²) in [6.45, 7) is 7.39. The maximum atomic E-state index is 12.2. The van der Waals surface area contributed by atoms with Gasteiger partial charge >= 0.3 is 0 Å². The number of furan rings is 1. The van der Waals surface area contributed by atoms with Crippen LogP contribution in [0.3, 0.4) is 0 Å². The number of hydrogen-bond donors (Lipinski definition) is 0. The highest BCUT2D eigenvalue weighted by molar-refractivity contribution is 7.89. The molecule has 1 aromatic rings. The molecule has 1 aromatic heterocycles. The van der Waals surface area contributed by atoms with Gasteiger partial charge < -0.3 is 4.42 Å². The predicted octanol–water partition coefficient (Wildman–Crippen LogP) is 2.65. The summed E-state index contributed by atoms with van der Waals surface area (Å²) in [4.78, 5) is 0. The summed E-state index contributed by atoms with van der Waals surface area (Å²) in [6.07, 6.45) is 4.18. The number of rotatable bonds is 2. The monoisotopic (exact) mass is 269 g/mol. The molecule has 2 rings (SSSR count). The minimum Gasteiger partial charge on any atom is -0.452 e. The lowest BCUT2D eigenvalue weighted by Gasteiger charge is -2.31. The van der Waals surface area contributed by atoms with Gasteiger partial charge in [-0.1, -0.05) is 32.4 Å². The first kappa shape index (κ1) is 13.4. The highest BCUT2D eigenvalue weighted by atomic mass is 32.2. The van der Waals surface area contributed by atoms with Crippen molar-refractivity contribution in [1.82, 2.24) is 4.31 Å². The van der Waals surface area contributed by atoms with Crippen LogP contribution in [-0.4, -0.2) is 25.8 Å². The van der Waals surface area contributed by atoms with Crippen molar-refractivity contribution in [2.24, 2.45) is 5.41 Å². The van der Waals surface area contributed by atoms with E-state index in [9.17, 15) is 8.42 Å². The molecule has 4 nitrogen and oxygen atoms in total. The second-order valence-electron chi connectivity index (χ2n) is 5.52. The quantitative estimate of drug-likeness (QED) is 0.776. The fourth-order valence-electron chi connectivity index (χ4n) is 2.09. The first-order valence-electron chi connectivity index (χ1n) is 6.05. The van der Waals surface area contributed by atoms with E-state index >= 15 is 0 Å². The first-order valence-corrected chi connectivity index (χ1v) is 7.49. The van der Waals surface area contributed by atoms with Gasteiger partial charge in [-0.25, -0.2) is 8.42 Å². The van der Waals surface area contributed by atoms with Crippen molar-refractivity contribution < 1.29 is 12.8 Å². The molecule has 2 heterocycles. The fourth-order valence-corrected chi connectivity index (χ4v) is 3.37. The Morgan fingerprint density at radius 2 is 2.06 bits per heavy atom. The topological polar surface area (TPSA) is 50.5 Å². The normalized spacial score (nSPS) is 18.7. The second-order valence-corrected chi connectivity index (χ2v) is 7.39. The van der Waals surface area contributed by atoms with E-state index < -0.39 is 10.0 Å². The van der Waals surface area contributed by atoms with E-state index in [2.05, 4.69) is 20.8 Å². The van der Waals surface area contributed by atoms with Gasteiger partial charge in [-0.2, -0.15) is 4.31 Å². The molecule has 0 saturated carbocycles. The van der Waals surface area contributed by atoms with Crippen LogP contribution in [0.2, 0.25) is 0 Å². The number of nitrogens with zero attached hydrogens (tertiary/aromatic N) is 1. The van der Waals surface area contributed by atoms with E-state index in [1.807, 2.05) is 6.08 Å². The van der Waals surface area contributed by atoms with Gasteiger partial charge in [-0.15, -0.1) is 0 Å². The van der Waals surface area contributed by atoms with Crippen LogP contribution in [0.5, 0.6) is 0 Å². The molecule has 1 aliphatic heterocycles. The molecule has 0 N–H and O–H groups in total. The minimum absolute atomic E-state index is 0.0232. The first-order chi connectivity index (χ1) is 8.32. The van der Waals surface area contributed by atoms with E-state index in [4.69, 9.17) is 4.42 Å². The molecular formula is C13H19NO3S. The standard InChI is InChI=1S/C13H19NO3S/c1-13(2,3)11-6-8-14(9-7-11)18(15,16)12-5-4-10-17-12/h4-6,10H,7-9H2,1-3H3. The average molecular weight is 269 g/mol. The molecule has 0 spiro atoms. The summed E-state index contributed by atoms with van der Waals surface area (Å²) < 4.78 is 30.9. The van der Waals surface area contributed by atoms with Crippen LogP contribution in [-0.2, 0) is 10.0 Å². The van der Waals surface area contributed by atoms with E-state index in [0.29, 0.717) is 13.1 Å². The Morgan fingerprint density at radius 1 is 1.33 bits per heavy atom. The molecule has 0 saturated heterocycles. The summed E-state index contributed by atoms with van der Waals surface area (Å²) in [7, 11) is -3.47. The van der Waals surface area contributed by atoms with Crippen molar-refractivity contribution in [2.75, 3.05) is 13.1 Å². The zero-order valence-corrected chi connectivity index (χ0v) is 11.8. The minimum atomic E-state index is -3.47. The van der Waals surface area contributed by atoms with Gasteiger partial charge in [0.25, 0.3) is 10.0 Å². The average Bonchev–Trinajstić information content (AvgIpc) is 2.82. The molecule has 0 aromatic carbocycles. The van der Waals surface area contributed by atoms with Crippen LogP contribution in [0.25, 0.3) is 0 Å². The van der Waals surface area contributed by atoms with Crippen molar-refractivity contribution in [3.63, 3.8) is 0 Å². The molecule has 5 heteroatoms. The van der Waals surface area contributed by atoms with Crippen molar-refractivity contribution in [2.45, 2.75) is 32.3 Å². The van der Waals surface area contributed by atoms with Crippen LogP contribution in [0.4, 0.5) is 0 Å². The zero-order chi connectivity index (χ0) is 13.4. The molecule has 0 fully saturated rings. The van der Waals surface area contributed by atoms with Gasteiger partial charge in [0.05, 0.1) is 6.26 Å². The van der Waals surface area contributed by atoms with Crippen molar-refractivity contribution in [3.8, 4) is 0 Å². The highest BCUT2D eigenvalue weighted by Crippen LogP contribution is 2.31. The van der Waals surface area contributed by atoms with Crippen LogP contribution < -0.4 is 0 Å². The lowest BCUT2D eigenvalue weighted by Crippen LogP contribution is -2.36. The van der Waals surface area contributed by atoms with Crippen LogP contribution in [0, 0.1) is 5.41 Å². The Bertz CT molecular complexity index is 535. The van der Waals surface area contributed by atoms with Crippen molar-refractivity contribution >= 4 is 10.0 Å². The summed E-state index contributed by atoms with van der Waals surface area (Å²) in [5, 5.41) is 0.0232. The van der Waals surface area contributed by atoms with Gasteiger partial charge in [-0.05, 0) is 24.0 Å². The van der Waals surface area contributed by atoms with Gasteiger partial charge in [0.15, 0.2) is 0 Å². The van der Waals surface area contributed by atoms with E-state index in [1.165, 1.54) is 22.2 Å². The predicted molar refractivity (Wildman–Crippen MR) is 69.6 cm³/mol. The van der Waals surface area contributed by atoms with Crippen LogP contribution >= 0.6 is 0 Å². The SMILES string of the molecule is CC(C)(C)C1=CCN(S(=O)(=O)c2ccco2)CC1. The molecule has 0 unspecified atom stereocenters. The Hall–Kier alpha value is -1.07. The molecule has 1 aliphatic rings. The Labute approximate surface area is 108 Å². The fraction of sp³-hybridized carbons (Fsp3) is 0.538. The Kier molecular flexibility index (Phi) is 3.38. The second kappa shape index (κ2) is 4.55. The zero-order valence-electron chi connectivity index (χ0n) is 11.0. The largest absolute Gasteiger partial charge is 0.452 e. The third-order valence-electron chi connectivity index (χ3n) is 3.22. The number of sulfonamides is 1. The lowest BCUT2D eigenvalue weighted by atomic mass is 9.83. The molecule has 0 atom stereocenters. The molecule has 0 amide bonds. The molecule has 100 valence electrons. The summed E-state index contributed by atoms with van der Waals surface area (Å²) in [6, 6.07) is 3.07. The molecular weight excluding hydrogens is 250 g/mol. The highest BCUT2D eigenvalue weighted by Gasteiger charge is 2.30. The van der Waals surface area contributed by atoms with Gasteiger partial charge in [-0.3, -0.25) is 0 Å². The van der Waals surface area contributed by atoms with Crippen LogP contribution in [0.15, 0.2) is 39.6 Å². The molecule has 18 heavy (non-hydrogen) atoms. The van der Waals surface area contributed by atoms with Gasteiger partial charge in [0.2, 0.25) is 5.09 Å². The smallest absolute Gasteiger partial charge is 0.276 e. The van der Waals surface area contributed by atoms with E-state index in [1.54, 1.807) is 6.07 Å². The summed E-state index contributed by atoms with van der Waals surface area (Å²) in [5.74, 6) is 0. The van der Waals surface area contributed by atoms with E-state index in [-0.39, 0.29) is 10.5 Å². The van der Waals surface area contributed by atoms with E-state index in [0.717, 1.165) is 6.42 Å². The third-order valence-corrected chi connectivity index (χ3v) is 4.98. The third kappa shape index (κ3) is 2.52. The molecule has 0 aliphatic carbocycles. The maximum Gasteiger partial charge on any atom is 0.276 e. The number of hydrogen-bond acceptors (Lipinski definition) is 3. The summed E-state index contributed by atoms with van der Waals surface area (Å²) >= 11 is 0. The molecule has 0 radical (unpaired) electrons. The van der Waals surface area contributed by atoms with Crippen molar-refractivity contribution in [3.05, 3.63) is 30.0 Å².